The molecule has 0 N–H and O–H groups in total. The molecule has 1 aromatic heterocycles. The number of rotatable bonds is 1. The molecule has 2 aliphatic heterocycles. The third-order valence-electron chi connectivity index (χ3n) is 3.92. The maximum Gasteiger partial charge on any atom is 0.115 e. The van der Waals surface area contributed by atoms with E-state index in [1.54, 1.807) is 6.33 Å². The van der Waals surface area contributed by atoms with Gasteiger partial charge in [0.2, 0.25) is 0 Å². The van der Waals surface area contributed by atoms with Crippen LogP contribution in [0.15, 0.2) is 24.8 Å². The summed E-state index contributed by atoms with van der Waals surface area (Å²) in [7, 11) is 2.25. The molecule has 1 unspecified atom stereocenters. The average molecular weight is 215 g/mol. The Morgan fingerprint density at radius 2 is 2.06 bits per heavy atom. The van der Waals surface area contributed by atoms with Gasteiger partial charge in [0.05, 0.1) is 0 Å². The third kappa shape index (κ3) is 1.65. The highest BCUT2D eigenvalue weighted by molar-refractivity contribution is 5.66. The molecule has 3 heterocycles. The monoisotopic (exact) mass is 215 g/mol. The Bertz CT molecular complexity index is 399. The molecule has 84 valence electrons. The summed E-state index contributed by atoms with van der Waals surface area (Å²) in [5, 5.41) is 0. The molecule has 0 aliphatic carbocycles. The van der Waals surface area contributed by atoms with Crippen LogP contribution in [0.1, 0.15) is 31.2 Å². The van der Waals surface area contributed by atoms with Crippen LogP contribution in [0.4, 0.5) is 0 Å². The summed E-state index contributed by atoms with van der Waals surface area (Å²) in [6, 6.07) is 1.35. The van der Waals surface area contributed by atoms with Crippen molar-refractivity contribution in [3.05, 3.63) is 30.4 Å². The first-order valence-corrected chi connectivity index (χ1v) is 6.02. The van der Waals surface area contributed by atoms with Gasteiger partial charge in [-0.05, 0) is 31.9 Å². The number of nitrogens with zero attached hydrogens (tertiary/aromatic N) is 3. The van der Waals surface area contributed by atoms with Crippen LogP contribution in [0.3, 0.4) is 0 Å². The first-order valence-electron chi connectivity index (χ1n) is 6.02. The van der Waals surface area contributed by atoms with E-state index in [1.165, 1.54) is 30.4 Å². The summed E-state index contributed by atoms with van der Waals surface area (Å²) in [5.74, 6) is 0. The van der Waals surface area contributed by atoms with Crippen LogP contribution in [-0.2, 0) is 0 Å². The van der Waals surface area contributed by atoms with Crippen molar-refractivity contribution < 1.29 is 0 Å². The molecule has 0 aromatic carbocycles. The fraction of sp³-hybridized carbons (Fsp3) is 0.538. The van der Waals surface area contributed by atoms with Crippen molar-refractivity contribution in [1.82, 2.24) is 14.9 Å². The van der Waals surface area contributed by atoms with E-state index in [2.05, 4.69) is 28.0 Å². The van der Waals surface area contributed by atoms with Gasteiger partial charge in [0.25, 0.3) is 0 Å². The minimum absolute atomic E-state index is 0.628. The molecule has 0 spiro atoms. The van der Waals surface area contributed by atoms with E-state index in [0.717, 1.165) is 12.5 Å². The maximum atomic E-state index is 4.11. The van der Waals surface area contributed by atoms with Crippen molar-refractivity contribution in [2.45, 2.75) is 37.8 Å². The Morgan fingerprint density at radius 3 is 2.81 bits per heavy atom. The minimum Gasteiger partial charge on any atom is -0.297 e. The van der Waals surface area contributed by atoms with Crippen LogP contribution in [0, 0.1) is 0 Å². The Hall–Kier alpha value is -1.22. The van der Waals surface area contributed by atoms with Crippen LogP contribution >= 0.6 is 0 Å². The molecule has 1 saturated heterocycles. The van der Waals surface area contributed by atoms with Crippen molar-refractivity contribution in [1.29, 1.82) is 0 Å². The molecule has 2 aliphatic rings. The average Bonchev–Trinajstić information content (AvgIpc) is 2.30. The molecule has 16 heavy (non-hydrogen) atoms. The summed E-state index contributed by atoms with van der Waals surface area (Å²) in [5.41, 5.74) is 2.64. The largest absolute Gasteiger partial charge is 0.297 e. The Kier molecular flexibility index (Phi) is 2.48. The normalized spacial score (nSPS) is 29.9. The summed E-state index contributed by atoms with van der Waals surface area (Å²) >= 11 is 0. The quantitative estimate of drug-likeness (QED) is 0.718. The van der Waals surface area contributed by atoms with Gasteiger partial charge >= 0.3 is 0 Å². The Balaban J connectivity index is 1.93. The molecule has 3 rings (SSSR count). The van der Waals surface area contributed by atoms with E-state index in [0.29, 0.717) is 6.04 Å². The van der Waals surface area contributed by atoms with Crippen LogP contribution < -0.4 is 0 Å². The molecule has 1 aromatic rings. The van der Waals surface area contributed by atoms with Crippen molar-refractivity contribution in [2.75, 3.05) is 7.05 Å². The first-order chi connectivity index (χ1) is 7.84. The number of aromatic nitrogens is 2. The van der Waals surface area contributed by atoms with Crippen molar-refractivity contribution in [2.24, 2.45) is 0 Å². The highest BCUT2D eigenvalue weighted by atomic mass is 15.2. The SMILES string of the molecule is CN1C2CCC[C@H]1C=C(c1cncnc1)C2. The van der Waals surface area contributed by atoms with Gasteiger partial charge < -0.3 is 0 Å². The van der Waals surface area contributed by atoms with Crippen LogP contribution in [0.25, 0.3) is 5.57 Å². The topological polar surface area (TPSA) is 29.0 Å². The van der Waals surface area contributed by atoms with Crippen molar-refractivity contribution >= 4 is 5.57 Å². The van der Waals surface area contributed by atoms with E-state index in [4.69, 9.17) is 0 Å². The highest BCUT2D eigenvalue weighted by Gasteiger charge is 2.31. The molecule has 3 heteroatoms. The molecule has 0 radical (unpaired) electrons. The molecule has 0 amide bonds. The zero-order chi connectivity index (χ0) is 11.0. The number of fused-ring (bicyclic) bond motifs is 2. The van der Waals surface area contributed by atoms with E-state index in [9.17, 15) is 0 Å². The number of piperidine rings is 1. The second-order valence-corrected chi connectivity index (χ2v) is 4.84. The van der Waals surface area contributed by atoms with Crippen LogP contribution in [0.2, 0.25) is 0 Å². The molecule has 2 bridgehead atoms. The summed E-state index contributed by atoms with van der Waals surface area (Å²) < 4.78 is 0. The fourth-order valence-corrected chi connectivity index (χ4v) is 2.92. The third-order valence-corrected chi connectivity index (χ3v) is 3.92. The Morgan fingerprint density at radius 1 is 1.25 bits per heavy atom. The Labute approximate surface area is 96.2 Å². The van der Waals surface area contributed by atoms with Gasteiger partial charge in [-0.1, -0.05) is 12.5 Å². The predicted molar refractivity (Wildman–Crippen MR) is 63.8 cm³/mol. The highest BCUT2D eigenvalue weighted by Crippen LogP contribution is 2.35. The van der Waals surface area contributed by atoms with Crippen molar-refractivity contribution in [3.63, 3.8) is 0 Å². The maximum absolute atomic E-state index is 4.11. The number of hydrogen-bond donors (Lipinski definition) is 0. The van der Waals surface area contributed by atoms with Gasteiger partial charge in [-0.25, -0.2) is 9.97 Å². The second-order valence-electron chi connectivity index (χ2n) is 4.84. The molecule has 0 saturated carbocycles. The lowest BCUT2D eigenvalue weighted by atomic mass is 9.84. The van der Waals surface area contributed by atoms with Gasteiger partial charge in [-0.2, -0.15) is 0 Å². The van der Waals surface area contributed by atoms with E-state index >= 15 is 0 Å². The number of likely N-dealkylation sites (N-methyl/N-ethyl adjacent to an activating group) is 1. The van der Waals surface area contributed by atoms with Gasteiger partial charge in [0, 0.05) is 30.0 Å². The standard InChI is InChI=1S/C13H17N3/c1-16-12-3-2-4-13(16)6-10(5-12)11-7-14-9-15-8-11/h5,7-9,12-13H,2-4,6H2,1H3/t12-,13?/m0/s1. The summed E-state index contributed by atoms with van der Waals surface area (Å²) in [6.07, 6.45) is 13.0. The molecule has 3 nitrogen and oxygen atoms in total. The van der Waals surface area contributed by atoms with E-state index in [-0.39, 0.29) is 0 Å². The summed E-state index contributed by atoms with van der Waals surface area (Å²) in [6.45, 7) is 0. The van der Waals surface area contributed by atoms with Crippen LogP contribution in [0.5, 0.6) is 0 Å². The molecule has 2 atom stereocenters. The van der Waals surface area contributed by atoms with E-state index in [1.807, 2.05) is 12.4 Å². The zero-order valence-electron chi connectivity index (χ0n) is 9.63. The predicted octanol–water partition coefficient (Wildman–Crippen LogP) is 2.12. The fourth-order valence-electron chi connectivity index (χ4n) is 2.92. The number of hydrogen-bond acceptors (Lipinski definition) is 3. The van der Waals surface area contributed by atoms with Gasteiger partial charge in [-0.15, -0.1) is 0 Å². The molecular formula is C13H17N3. The zero-order valence-corrected chi connectivity index (χ0v) is 9.63. The van der Waals surface area contributed by atoms with Gasteiger partial charge in [-0.3, -0.25) is 4.90 Å². The smallest absolute Gasteiger partial charge is 0.115 e. The van der Waals surface area contributed by atoms with Crippen molar-refractivity contribution in [3.8, 4) is 0 Å². The molecular weight excluding hydrogens is 198 g/mol. The van der Waals surface area contributed by atoms with Crippen LogP contribution in [-0.4, -0.2) is 34.0 Å². The first kappa shape index (κ1) is 9.97. The lowest BCUT2D eigenvalue weighted by Crippen LogP contribution is -2.45. The van der Waals surface area contributed by atoms with Gasteiger partial charge in [0.1, 0.15) is 6.33 Å². The van der Waals surface area contributed by atoms with E-state index < -0.39 is 0 Å². The van der Waals surface area contributed by atoms with Gasteiger partial charge in [0.15, 0.2) is 0 Å². The lowest BCUT2D eigenvalue weighted by molar-refractivity contribution is 0.137. The molecule has 1 fully saturated rings. The second kappa shape index (κ2) is 3.98. The minimum atomic E-state index is 0.628. The lowest BCUT2D eigenvalue weighted by Gasteiger charge is -2.42. The summed E-state index contributed by atoms with van der Waals surface area (Å²) in [4.78, 5) is 10.7.